The second kappa shape index (κ2) is 6.55. The van der Waals surface area contributed by atoms with Gasteiger partial charge in [0.1, 0.15) is 0 Å². The van der Waals surface area contributed by atoms with Crippen molar-refractivity contribution < 1.29 is 4.74 Å². The van der Waals surface area contributed by atoms with Gasteiger partial charge < -0.3 is 20.7 Å². The number of hydrogen-bond donors (Lipinski definition) is 2. The minimum absolute atomic E-state index is 0.0967. The van der Waals surface area contributed by atoms with Crippen LogP contribution in [0.3, 0.4) is 0 Å². The summed E-state index contributed by atoms with van der Waals surface area (Å²) in [5.74, 6) is 0.657. The molecule has 0 spiro atoms. The summed E-state index contributed by atoms with van der Waals surface area (Å²) < 4.78 is 5.17. The molecule has 0 radical (unpaired) electrons. The number of ether oxygens (including phenoxy) is 1. The fourth-order valence-corrected chi connectivity index (χ4v) is 3.25. The van der Waals surface area contributed by atoms with Crippen molar-refractivity contribution in [2.45, 2.75) is 25.3 Å². The lowest BCUT2D eigenvalue weighted by Crippen LogP contribution is -2.51. The largest absolute Gasteiger partial charge is 0.399 e. The van der Waals surface area contributed by atoms with Crippen molar-refractivity contribution in [3.05, 3.63) is 23.9 Å². The highest BCUT2D eigenvalue weighted by molar-refractivity contribution is 5.29. The van der Waals surface area contributed by atoms with E-state index in [4.69, 9.17) is 10.5 Å². The van der Waals surface area contributed by atoms with E-state index in [9.17, 15) is 0 Å². The first-order valence-corrected chi connectivity index (χ1v) is 7.31. The summed E-state index contributed by atoms with van der Waals surface area (Å²) in [5, 5.41) is 3.69. The summed E-state index contributed by atoms with van der Waals surface area (Å²) >= 11 is 0. The molecule has 0 aromatic rings. The number of likely N-dealkylation sites (N-methyl/N-ethyl adjacent to an activating group) is 1. The van der Waals surface area contributed by atoms with Crippen LogP contribution in [0.4, 0.5) is 0 Å². The summed E-state index contributed by atoms with van der Waals surface area (Å²) in [6, 6.07) is 0. The Morgan fingerprint density at radius 3 is 3.05 bits per heavy atom. The number of rotatable bonds is 6. The fourth-order valence-electron chi connectivity index (χ4n) is 3.25. The first kappa shape index (κ1) is 14.6. The molecule has 1 aliphatic heterocycles. The van der Waals surface area contributed by atoms with Gasteiger partial charge in [0, 0.05) is 31.4 Å². The van der Waals surface area contributed by atoms with Gasteiger partial charge in [0.2, 0.25) is 0 Å². The van der Waals surface area contributed by atoms with Gasteiger partial charge in [-0.05, 0) is 37.9 Å². The van der Waals surface area contributed by atoms with E-state index in [0.29, 0.717) is 5.92 Å². The Labute approximate surface area is 116 Å². The third kappa shape index (κ3) is 3.38. The molecule has 1 fully saturated rings. The molecule has 4 nitrogen and oxygen atoms in total. The number of methoxy groups -OCH3 is 1. The zero-order chi connectivity index (χ0) is 13.7. The Hall–Kier alpha value is -0.840. The highest BCUT2D eigenvalue weighted by atomic mass is 16.5. The monoisotopic (exact) mass is 265 g/mol. The van der Waals surface area contributed by atoms with E-state index in [2.05, 4.69) is 35.4 Å². The van der Waals surface area contributed by atoms with E-state index in [1.165, 1.54) is 13.0 Å². The minimum atomic E-state index is 0.0967. The van der Waals surface area contributed by atoms with Crippen LogP contribution < -0.4 is 11.1 Å². The van der Waals surface area contributed by atoms with Crippen molar-refractivity contribution in [2.24, 2.45) is 11.7 Å². The van der Waals surface area contributed by atoms with Gasteiger partial charge in [0.05, 0.1) is 6.61 Å². The third-order valence-electron chi connectivity index (χ3n) is 4.37. The van der Waals surface area contributed by atoms with Crippen molar-refractivity contribution in [1.29, 1.82) is 0 Å². The van der Waals surface area contributed by atoms with Crippen molar-refractivity contribution in [3.63, 3.8) is 0 Å². The number of nitrogens with one attached hydrogen (secondary N) is 1. The average molecular weight is 265 g/mol. The molecule has 0 amide bonds. The lowest BCUT2D eigenvalue weighted by atomic mass is 9.77. The lowest BCUT2D eigenvalue weighted by molar-refractivity contribution is 0.154. The molecular weight excluding hydrogens is 238 g/mol. The van der Waals surface area contributed by atoms with Crippen LogP contribution in [-0.2, 0) is 4.74 Å². The standard InChI is InChI=1S/C15H27N3O/c1-3-17-15(7-4-14(16)5-8-15)13-6-9-18(12-13)10-11-19-2/h4-5,7,13,17H,3,6,8-12,16H2,1-2H3. The maximum Gasteiger partial charge on any atom is 0.0589 e. The van der Waals surface area contributed by atoms with E-state index in [1.807, 2.05) is 0 Å². The number of allylic oxidation sites excluding steroid dienone is 1. The Morgan fingerprint density at radius 1 is 1.58 bits per heavy atom. The first-order chi connectivity index (χ1) is 9.20. The van der Waals surface area contributed by atoms with Gasteiger partial charge in [-0.2, -0.15) is 0 Å². The van der Waals surface area contributed by atoms with Crippen molar-refractivity contribution in [1.82, 2.24) is 10.2 Å². The Bertz CT molecular complexity index is 353. The van der Waals surface area contributed by atoms with E-state index >= 15 is 0 Å². The maximum atomic E-state index is 5.86. The van der Waals surface area contributed by atoms with Gasteiger partial charge in [-0.25, -0.2) is 0 Å². The third-order valence-corrected chi connectivity index (χ3v) is 4.37. The summed E-state index contributed by atoms with van der Waals surface area (Å²) in [6.07, 6.45) is 8.75. The SMILES string of the molecule is CCNC1(C2CCN(CCOC)C2)C=CC(N)=CC1. The Kier molecular flexibility index (Phi) is 5.02. The van der Waals surface area contributed by atoms with Crippen LogP contribution in [0.25, 0.3) is 0 Å². The maximum absolute atomic E-state index is 5.86. The van der Waals surface area contributed by atoms with Gasteiger partial charge in [-0.1, -0.05) is 19.1 Å². The Morgan fingerprint density at radius 2 is 2.42 bits per heavy atom. The van der Waals surface area contributed by atoms with Crippen LogP contribution in [-0.4, -0.2) is 50.3 Å². The molecule has 1 saturated heterocycles. The lowest BCUT2D eigenvalue weighted by Gasteiger charge is -2.38. The second-order valence-electron chi connectivity index (χ2n) is 5.59. The van der Waals surface area contributed by atoms with Crippen LogP contribution in [0, 0.1) is 5.92 Å². The van der Waals surface area contributed by atoms with Crippen LogP contribution in [0.1, 0.15) is 19.8 Å². The van der Waals surface area contributed by atoms with E-state index in [-0.39, 0.29) is 5.54 Å². The van der Waals surface area contributed by atoms with Crippen molar-refractivity contribution in [2.75, 3.05) is 39.9 Å². The molecule has 1 aliphatic carbocycles. The molecule has 1 heterocycles. The molecule has 3 N–H and O–H groups in total. The number of likely N-dealkylation sites (tertiary alicyclic amines) is 1. The zero-order valence-corrected chi connectivity index (χ0v) is 12.2. The topological polar surface area (TPSA) is 50.5 Å². The van der Waals surface area contributed by atoms with Gasteiger partial charge >= 0.3 is 0 Å². The molecule has 2 atom stereocenters. The Balaban J connectivity index is 1.99. The molecule has 108 valence electrons. The van der Waals surface area contributed by atoms with Crippen molar-refractivity contribution in [3.8, 4) is 0 Å². The van der Waals surface area contributed by atoms with E-state index in [1.54, 1.807) is 7.11 Å². The van der Waals surface area contributed by atoms with Crippen LogP contribution in [0.15, 0.2) is 23.9 Å². The van der Waals surface area contributed by atoms with Gasteiger partial charge in [0.25, 0.3) is 0 Å². The predicted molar refractivity (Wildman–Crippen MR) is 78.9 cm³/mol. The molecule has 0 saturated carbocycles. The molecule has 2 unspecified atom stereocenters. The zero-order valence-electron chi connectivity index (χ0n) is 12.2. The van der Waals surface area contributed by atoms with Crippen molar-refractivity contribution >= 4 is 0 Å². The average Bonchev–Trinajstić information content (AvgIpc) is 2.89. The van der Waals surface area contributed by atoms with Gasteiger partial charge in [0.15, 0.2) is 0 Å². The molecular formula is C15H27N3O. The molecule has 2 rings (SSSR count). The van der Waals surface area contributed by atoms with Gasteiger partial charge in [-0.15, -0.1) is 0 Å². The van der Waals surface area contributed by atoms with Crippen LogP contribution in [0.2, 0.25) is 0 Å². The normalized spacial score (nSPS) is 31.7. The smallest absolute Gasteiger partial charge is 0.0589 e. The molecule has 2 aliphatic rings. The highest BCUT2D eigenvalue weighted by Crippen LogP contribution is 2.34. The number of hydrogen-bond acceptors (Lipinski definition) is 4. The van der Waals surface area contributed by atoms with Crippen LogP contribution >= 0.6 is 0 Å². The highest BCUT2D eigenvalue weighted by Gasteiger charge is 2.39. The number of nitrogens with zero attached hydrogens (tertiary/aromatic N) is 1. The van der Waals surface area contributed by atoms with E-state index in [0.717, 1.165) is 38.4 Å². The minimum Gasteiger partial charge on any atom is -0.399 e. The molecule has 0 bridgehead atoms. The first-order valence-electron chi connectivity index (χ1n) is 7.31. The molecule has 0 aromatic heterocycles. The van der Waals surface area contributed by atoms with Gasteiger partial charge in [-0.3, -0.25) is 0 Å². The quantitative estimate of drug-likeness (QED) is 0.755. The summed E-state index contributed by atoms with van der Waals surface area (Å²) in [6.45, 7) is 7.35. The summed E-state index contributed by atoms with van der Waals surface area (Å²) in [7, 11) is 1.77. The molecule has 4 heteroatoms. The van der Waals surface area contributed by atoms with E-state index < -0.39 is 0 Å². The second-order valence-corrected chi connectivity index (χ2v) is 5.59. The summed E-state index contributed by atoms with van der Waals surface area (Å²) in [4.78, 5) is 2.50. The van der Waals surface area contributed by atoms with Crippen LogP contribution in [0.5, 0.6) is 0 Å². The number of nitrogens with two attached hydrogens (primary N) is 1. The molecule has 0 aromatic carbocycles. The molecule has 19 heavy (non-hydrogen) atoms. The predicted octanol–water partition coefficient (Wildman–Crippen LogP) is 1.11. The fraction of sp³-hybridized carbons (Fsp3) is 0.733. The summed E-state index contributed by atoms with van der Waals surface area (Å²) in [5.41, 5.74) is 6.85.